The lowest BCUT2D eigenvalue weighted by molar-refractivity contribution is -0.137. The Morgan fingerprint density at radius 2 is 1.80 bits per heavy atom. The molecule has 2 saturated carbocycles. The van der Waals surface area contributed by atoms with E-state index in [1.165, 1.54) is 26.2 Å². The van der Waals surface area contributed by atoms with Crippen LogP contribution in [0.25, 0.3) is 0 Å². The molecule has 2 rings (SSSR count). The summed E-state index contributed by atoms with van der Waals surface area (Å²) in [5.74, 6) is 1.53. The van der Waals surface area contributed by atoms with E-state index in [0.717, 1.165) is 18.8 Å². The molecule has 0 heterocycles. The first-order valence-corrected chi connectivity index (χ1v) is 9.35. The lowest BCUT2D eigenvalue weighted by Gasteiger charge is -2.30. The van der Waals surface area contributed by atoms with Crippen LogP contribution in [0, 0.1) is 23.7 Å². The largest absolute Gasteiger partial charge is 0.481 e. The lowest BCUT2D eigenvalue weighted by atomic mass is 9.77. The molecule has 0 aliphatic heterocycles. The highest BCUT2D eigenvalue weighted by atomic mass is 16.4. The van der Waals surface area contributed by atoms with E-state index < -0.39 is 5.97 Å². The van der Waals surface area contributed by atoms with Gasteiger partial charge in [0.05, 0.1) is 6.54 Å². The number of rotatable bonds is 10. The van der Waals surface area contributed by atoms with Crippen LogP contribution in [0.1, 0.15) is 51.9 Å². The summed E-state index contributed by atoms with van der Waals surface area (Å²) in [6.07, 6.45) is 10.8. The minimum Gasteiger partial charge on any atom is -0.481 e. The predicted octanol–water partition coefficient (Wildman–Crippen LogP) is 2.10. The van der Waals surface area contributed by atoms with E-state index in [-0.39, 0.29) is 24.8 Å². The van der Waals surface area contributed by atoms with Crippen molar-refractivity contribution in [3.8, 4) is 0 Å². The maximum atomic E-state index is 11.8. The number of carboxylic acid groups (broad SMARTS) is 1. The molecule has 2 bridgehead atoms. The van der Waals surface area contributed by atoms with Gasteiger partial charge in [-0.1, -0.05) is 12.2 Å². The number of amides is 2. The first kappa shape index (κ1) is 19.5. The number of fused-ring (bicyclic) bond motifs is 2. The van der Waals surface area contributed by atoms with Crippen molar-refractivity contribution >= 4 is 17.8 Å². The topological polar surface area (TPSA) is 95.5 Å². The van der Waals surface area contributed by atoms with Crippen molar-refractivity contribution in [2.24, 2.45) is 23.7 Å². The summed E-state index contributed by atoms with van der Waals surface area (Å²) in [7, 11) is 0. The molecule has 0 aromatic carbocycles. The van der Waals surface area contributed by atoms with Gasteiger partial charge in [-0.3, -0.25) is 14.4 Å². The van der Waals surface area contributed by atoms with E-state index in [1.54, 1.807) is 0 Å². The van der Waals surface area contributed by atoms with E-state index in [1.807, 2.05) is 0 Å². The monoisotopic (exact) mass is 350 g/mol. The van der Waals surface area contributed by atoms with Gasteiger partial charge in [-0.2, -0.15) is 0 Å². The molecule has 0 saturated heterocycles. The zero-order valence-corrected chi connectivity index (χ0v) is 15.0. The molecule has 0 radical (unpaired) electrons. The Hall–Kier alpha value is -1.85. The molecule has 140 valence electrons. The summed E-state index contributed by atoms with van der Waals surface area (Å²) in [4.78, 5) is 33.2. The molecule has 3 N–H and O–H groups in total. The molecule has 0 unspecified atom stereocenters. The highest BCUT2D eigenvalue weighted by Crippen LogP contribution is 2.53. The molecule has 2 aliphatic carbocycles. The summed E-state index contributed by atoms with van der Waals surface area (Å²) in [5, 5.41) is 14.1. The minimum atomic E-state index is -0.739. The number of hydrogen-bond donors (Lipinski definition) is 3. The van der Waals surface area contributed by atoms with Gasteiger partial charge >= 0.3 is 5.97 Å². The number of unbranched alkanes of at least 4 members (excludes halogenated alkanes) is 1. The number of carbonyl (C=O) groups is 3. The van der Waals surface area contributed by atoms with Crippen LogP contribution < -0.4 is 10.6 Å². The number of carbonyl (C=O) groups excluding carboxylic acids is 2. The lowest BCUT2D eigenvalue weighted by Crippen LogP contribution is -2.40. The second kappa shape index (κ2) is 9.59. The molecule has 4 atom stereocenters. The van der Waals surface area contributed by atoms with Crippen molar-refractivity contribution in [3.63, 3.8) is 0 Å². The molecule has 25 heavy (non-hydrogen) atoms. The average Bonchev–Trinajstić information content (AvgIpc) is 3.15. The van der Waals surface area contributed by atoms with Crippen molar-refractivity contribution in [2.75, 3.05) is 13.1 Å². The molecule has 6 heteroatoms. The van der Waals surface area contributed by atoms with Crippen LogP contribution in [0.4, 0.5) is 0 Å². The van der Waals surface area contributed by atoms with Gasteiger partial charge in [0, 0.05) is 19.9 Å². The molecular formula is C19H30N2O4. The molecule has 2 amide bonds. The molecule has 0 spiro atoms. The normalized spacial score (nSPS) is 27.6. The Kier molecular flexibility index (Phi) is 7.47. The Labute approximate surface area is 149 Å². The van der Waals surface area contributed by atoms with Crippen LogP contribution in [0.5, 0.6) is 0 Å². The maximum absolute atomic E-state index is 11.8. The van der Waals surface area contributed by atoms with Crippen molar-refractivity contribution < 1.29 is 19.5 Å². The van der Waals surface area contributed by atoms with Crippen LogP contribution in [0.3, 0.4) is 0 Å². The minimum absolute atomic E-state index is 0.0459. The number of hydrogen-bond acceptors (Lipinski definition) is 3. The molecule has 2 fully saturated rings. The zero-order chi connectivity index (χ0) is 18.2. The van der Waals surface area contributed by atoms with E-state index in [4.69, 9.17) is 5.11 Å². The van der Waals surface area contributed by atoms with E-state index >= 15 is 0 Å². The SMILES string of the molecule is CC(=O)NCC(=O)NC[C@@H]1[C@@H]2CC[C@@H](C2)[C@@H]1C/C=C\CCCC(=O)O. The van der Waals surface area contributed by atoms with Gasteiger partial charge in [0.25, 0.3) is 0 Å². The third-order valence-electron chi connectivity index (χ3n) is 5.64. The number of allylic oxidation sites excluding steroid dienone is 2. The van der Waals surface area contributed by atoms with Crippen LogP contribution >= 0.6 is 0 Å². The van der Waals surface area contributed by atoms with Gasteiger partial charge in [-0.25, -0.2) is 0 Å². The predicted molar refractivity (Wildman–Crippen MR) is 94.7 cm³/mol. The standard InChI is InChI=1S/C19H30N2O4/c1-13(22)20-12-18(23)21-11-17-15-9-8-14(10-15)16(17)6-4-2-3-5-7-19(24)25/h2,4,14-17H,3,5-12H2,1H3,(H,20,22)(H,21,23)(H,24,25)/b4-2-/t14-,15+,16-,17+/m0/s1. The Morgan fingerprint density at radius 1 is 1.08 bits per heavy atom. The summed E-state index contributed by atoms with van der Waals surface area (Å²) in [6.45, 7) is 2.14. The highest BCUT2D eigenvalue weighted by molar-refractivity contribution is 5.83. The van der Waals surface area contributed by atoms with Crippen LogP contribution in [0.15, 0.2) is 12.2 Å². The summed E-state index contributed by atoms with van der Waals surface area (Å²) in [6, 6.07) is 0. The van der Waals surface area contributed by atoms with Gasteiger partial charge in [0.2, 0.25) is 11.8 Å². The van der Waals surface area contributed by atoms with E-state index in [2.05, 4.69) is 22.8 Å². The fourth-order valence-electron chi connectivity index (χ4n) is 4.46. The fraction of sp³-hybridized carbons (Fsp3) is 0.737. The second-order valence-electron chi connectivity index (χ2n) is 7.37. The van der Waals surface area contributed by atoms with Gasteiger partial charge in [0.15, 0.2) is 0 Å². The second-order valence-corrected chi connectivity index (χ2v) is 7.37. The molecule has 0 aromatic heterocycles. The fourth-order valence-corrected chi connectivity index (χ4v) is 4.46. The number of aliphatic carboxylic acids is 1. The van der Waals surface area contributed by atoms with Crippen LogP contribution in [0.2, 0.25) is 0 Å². The van der Waals surface area contributed by atoms with Crippen LogP contribution in [-0.4, -0.2) is 36.0 Å². The quantitative estimate of drug-likeness (QED) is 0.415. The maximum Gasteiger partial charge on any atom is 0.303 e. The van der Waals surface area contributed by atoms with E-state index in [0.29, 0.717) is 30.7 Å². The van der Waals surface area contributed by atoms with Crippen molar-refractivity contribution in [3.05, 3.63) is 12.2 Å². The Morgan fingerprint density at radius 3 is 2.48 bits per heavy atom. The summed E-state index contributed by atoms with van der Waals surface area (Å²) in [5.41, 5.74) is 0. The molecule has 6 nitrogen and oxygen atoms in total. The Balaban J connectivity index is 1.74. The number of nitrogens with one attached hydrogen (secondary N) is 2. The van der Waals surface area contributed by atoms with Crippen molar-refractivity contribution in [1.29, 1.82) is 0 Å². The van der Waals surface area contributed by atoms with Crippen molar-refractivity contribution in [1.82, 2.24) is 10.6 Å². The molecule has 0 aromatic rings. The van der Waals surface area contributed by atoms with Gasteiger partial charge in [-0.05, 0) is 62.2 Å². The first-order chi connectivity index (χ1) is 12.0. The summed E-state index contributed by atoms with van der Waals surface area (Å²) < 4.78 is 0. The summed E-state index contributed by atoms with van der Waals surface area (Å²) >= 11 is 0. The van der Waals surface area contributed by atoms with Gasteiger partial charge < -0.3 is 15.7 Å². The Bertz CT molecular complexity index is 518. The number of carboxylic acids is 1. The molecular weight excluding hydrogens is 320 g/mol. The van der Waals surface area contributed by atoms with Crippen molar-refractivity contribution in [2.45, 2.75) is 51.9 Å². The third-order valence-corrected chi connectivity index (χ3v) is 5.64. The average molecular weight is 350 g/mol. The van der Waals surface area contributed by atoms with Gasteiger partial charge in [-0.15, -0.1) is 0 Å². The first-order valence-electron chi connectivity index (χ1n) is 9.35. The van der Waals surface area contributed by atoms with E-state index in [9.17, 15) is 14.4 Å². The van der Waals surface area contributed by atoms with Gasteiger partial charge in [0.1, 0.15) is 0 Å². The molecule has 2 aliphatic rings. The smallest absolute Gasteiger partial charge is 0.303 e. The zero-order valence-electron chi connectivity index (χ0n) is 15.0. The van der Waals surface area contributed by atoms with Crippen LogP contribution in [-0.2, 0) is 14.4 Å². The highest BCUT2D eigenvalue weighted by Gasteiger charge is 2.46. The third kappa shape index (κ3) is 6.18.